The maximum absolute atomic E-state index is 15.0. The predicted molar refractivity (Wildman–Crippen MR) is 181 cm³/mol. The minimum atomic E-state index is -3.35. The SMILES string of the molecule is COc1cccc(C(=O)Nc2ccc(P(=O)(c3ccccc3)c3ccc(NC(=O)c4cccc(OC)c4OC)cc3)cc2)c1OC. The van der Waals surface area contributed by atoms with Gasteiger partial charge in [-0.15, -0.1) is 0 Å². The van der Waals surface area contributed by atoms with Crippen LogP contribution in [0.3, 0.4) is 0 Å². The molecule has 5 rings (SSSR count). The third kappa shape index (κ3) is 6.32. The van der Waals surface area contributed by atoms with Crippen molar-refractivity contribution < 1.29 is 33.1 Å². The fourth-order valence-electron chi connectivity index (χ4n) is 5.12. The molecule has 0 unspecified atom stereocenters. The maximum Gasteiger partial charge on any atom is 0.259 e. The van der Waals surface area contributed by atoms with Gasteiger partial charge in [0.1, 0.15) is 0 Å². The predicted octanol–water partition coefficient (Wildman–Crippen LogP) is 5.87. The molecular formula is C36H33N2O7P. The molecule has 0 bridgehead atoms. The number of carbonyl (C=O) groups excluding carboxylic acids is 2. The van der Waals surface area contributed by atoms with E-state index in [1.54, 1.807) is 84.9 Å². The molecule has 0 fully saturated rings. The van der Waals surface area contributed by atoms with Crippen LogP contribution < -0.4 is 45.5 Å². The van der Waals surface area contributed by atoms with E-state index in [0.29, 0.717) is 61.4 Å². The summed E-state index contributed by atoms with van der Waals surface area (Å²) < 4.78 is 36.4. The van der Waals surface area contributed by atoms with Crippen molar-refractivity contribution in [3.05, 3.63) is 126 Å². The van der Waals surface area contributed by atoms with Crippen molar-refractivity contribution in [1.29, 1.82) is 0 Å². The lowest BCUT2D eigenvalue weighted by atomic mass is 10.1. The molecule has 0 spiro atoms. The largest absolute Gasteiger partial charge is 0.493 e. The molecule has 2 N–H and O–H groups in total. The summed E-state index contributed by atoms with van der Waals surface area (Å²) in [6.45, 7) is 0. The lowest BCUT2D eigenvalue weighted by molar-refractivity contribution is 0.101. The number of carbonyl (C=O) groups is 2. The molecule has 0 aliphatic carbocycles. The smallest absolute Gasteiger partial charge is 0.259 e. The van der Waals surface area contributed by atoms with Crippen molar-refractivity contribution in [3.8, 4) is 23.0 Å². The first kappa shape index (κ1) is 31.9. The summed E-state index contributed by atoms with van der Waals surface area (Å²) >= 11 is 0. The minimum Gasteiger partial charge on any atom is -0.493 e. The maximum atomic E-state index is 15.0. The summed E-state index contributed by atoms with van der Waals surface area (Å²) in [7, 11) is 2.62. The van der Waals surface area contributed by atoms with E-state index < -0.39 is 7.14 Å². The molecule has 0 atom stereocenters. The summed E-state index contributed by atoms with van der Waals surface area (Å²) in [5.74, 6) is 0.794. The molecule has 5 aromatic rings. The highest BCUT2D eigenvalue weighted by molar-refractivity contribution is 7.85. The highest BCUT2D eigenvalue weighted by Gasteiger charge is 2.30. The number of ether oxygens (including phenoxy) is 4. The van der Waals surface area contributed by atoms with Crippen LogP contribution in [0.5, 0.6) is 23.0 Å². The van der Waals surface area contributed by atoms with Gasteiger partial charge in [0, 0.05) is 27.3 Å². The van der Waals surface area contributed by atoms with Gasteiger partial charge in [0.05, 0.1) is 39.6 Å². The van der Waals surface area contributed by atoms with Crippen molar-refractivity contribution >= 4 is 46.2 Å². The second kappa shape index (κ2) is 14.1. The number of benzene rings is 5. The van der Waals surface area contributed by atoms with E-state index in [4.69, 9.17) is 18.9 Å². The Bertz CT molecular complexity index is 1780. The Morgan fingerprint density at radius 2 is 0.870 bits per heavy atom. The molecule has 10 heteroatoms. The van der Waals surface area contributed by atoms with Crippen LogP contribution in [0.1, 0.15) is 20.7 Å². The van der Waals surface area contributed by atoms with E-state index >= 15 is 4.57 Å². The Kier molecular flexibility index (Phi) is 9.74. The molecule has 0 aliphatic rings. The monoisotopic (exact) mass is 636 g/mol. The molecule has 234 valence electrons. The second-order valence-corrected chi connectivity index (χ2v) is 12.8. The van der Waals surface area contributed by atoms with E-state index in [0.717, 1.165) is 0 Å². The van der Waals surface area contributed by atoms with Crippen molar-refractivity contribution in [1.82, 2.24) is 0 Å². The zero-order valence-electron chi connectivity index (χ0n) is 25.8. The van der Waals surface area contributed by atoms with Crippen LogP contribution in [-0.4, -0.2) is 40.3 Å². The van der Waals surface area contributed by atoms with Gasteiger partial charge >= 0.3 is 0 Å². The Balaban J connectivity index is 1.42. The number of methoxy groups -OCH3 is 4. The standard InChI is InChI=1S/C36H33N2O7P/c1-42-31-14-8-12-29(33(31)44-3)35(39)37-24-16-20-27(21-17-24)46(41,26-10-6-5-7-11-26)28-22-18-25(19-23-28)38-36(40)30-13-9-15-32(43-2)34(30)45-4/h5-23H,1-4H3,(H,37,39)(H,38,40). The third-order valence-corrected chi connectivity index (χ3v) is 10.5. The van der Waals surface area contributed by atoms with Crippen LogP contribution in [-0.2, 0) is 4.57 Å². The van der Waals surface area contributed by atoms with Gasteiger partial charge < -0.3 is 34.1 Å². The van der Waals surface area contributed by atoms with E-state index in [-0.39, 0.29) is 11.8 Å². The Morgan fingerprint density at radius 1 is 0.478 bits per heavy atom. The van der Waals surface area contributed by atoms with Gasteiger partial charge in [0.2, 0.25) is 0 Å². The van der Waals surface area contributed by atoms with E-state index in [1.165, 1.54) is 28.4 Å². The van der Waals surface area contributed by atoms with Gasteiger partial charge in [0.15, 0.2) is 30.1 Å². The zero-order valence-corrected chi connectivity index (χ0v) is 26.7. The topological polar surface area (TPSA) is 112 Å². The molecule has 0 saturated carbocycles. The van der Waals surface area contributed by atoms with Gasteiger partial charge in [-0.3, -0.25) is 9.59 Å². The number of para-hydroxylation sites is 2. The van der Waals surface area contributed by atoms with Crippen LogP contribution in [0.15, 0.2) is 115 Å². The highest BCUT2D eigenvalue weighted by atomic mass is 31.2. The van der Waals surface area contributed by atoms with Crippen molar-refractivity contribution in [2.45, 2.75) is 0 Å². The first-order chi connectivity index (χ1) is 22.3. The van der Waals surface area contributed by atoms with Crippen molar-refractivity contribution in [2.24, 2.45) is 0 Å². The van der Waals surface area contributed by atoms with E-state index in [1.807, 2.05) is 30.3 Å². The Morgan fingerprint density at radius 3 is 1.24 bits per heavy atom. The number of anilines is 2. The van der Waals surface area contributed by atoms with Crippen LogP contribution >= 0.6 is 7.14 Å². The lowest BCUT2D eigenvalue weighted by Gasteiger charge is -2.21. The Hall–Kier alpha value is -5.53. The quantitative estimate of drug-likeness (QED) is 0.175. The second-order valence-electron chi connectivity index (χ2n) is 10.0. The molecule has 0 heterocycles. The van der Waals surface area contributed by atoms with Crippen LogP contribution in [0, 0.1) is 0 Å². The molecular weight excluding hydrogens is 603 g/mol. The van der Waals surface area contributed by atoms with Gasteiger partial charge in [-0.05, 0) is 72.8 Å². The molecule has 0 saturated heterocycles. The Labute approximate surface area is 267 Å². The zero-order chi connectivity index (χ0) is 32.7. The number of nitrogens with one attached hydrogen (secondary N) is 2. The highest BCUT2D eigenvalue weighted by Crippen LogP contribution is 2.43. The molecule has 9 nitrogen and oxygen atoms in total. The van der Waals surface area contributed by atoms with E-state index in [9.17, 15) is 9.59 Å². The molecule has 2 amide bonds. The first-order valence-electron chi connectivity index (χ1n) is 14.3. The molecule has 46 heavy (non-hydrogen) atoms. The van der Waals surface area contributed by atoms with Crippen LogP contribution in [0.25, 0.3) is 0 Å². The molecule has 0 aromatic heterocycles. The summed E-state index contributed by atoms with van der Waals surface area (Å²) in [5.41, 5.74) is 1.67. The number of hydrogen-bond donors (Lipinski definition) is 2. The van der Waals surface area contributed by atoms with Crippen molar-refractivity contribution in [3.63, 3.8) is 0 Å². The summed E-state index contributed by atoms with van der Waals surface area (Å²) in [4.78, 5) is 26.2. The average molecular weight is 637 g/mol. The number of rotatable bonds is 11. The van der Waals surface area contributed by atoms with Crippen LogP contribution in [0.2, 0.25) is 0 Å². The number of amides is 2. The molecule has 0 aliphatic heterocycles. The van der Waals surface area contributed by atoms with Gasteiger partial charge in [-0.25, -0.2) is 0 Å². The fraction of sp³-hybridized carbons (Fsp3) is 0.111. The molecule has 5 aromatic carbocycles. The normalized spacial score (nSPS) is 10.9. The molecule has 0 radical (unpaired) electrons. The minimum absolute atomic E-state index is 0.318. The average Bonchev–Trinajstić information content (AvgIpc) is 3.11. The third-order valence-electron chi connectivity index (χ3n) is 7.39. The van der Waals surface area contributed by atoms with Gasteiger partial charge in [0.25, 0.3) is 11.8 Å². The first-order valence-corrected chi connectivity index (χ1v) is 16.0. The van der Waals surface area contributed by atoms with E-state index in [2.05, 4.69) is 10.6 Å². The lowest BCUT2D eigenvalue weighted by Crippen LogP contribution is -2.25. The van der Waals surface area contributed by atoms with Gasteiger partial charge in [-0.2, -0.15) is 0 Å². The summed E-state index contributed by atoms with van der Waals surface area (Å²) in [6, 6.07) is 33.2. The van der Waals surface area contributed by atoms with Gasteiger partial charge in [-0.1, -0.05) is 42.5 Å². The number of hydrogen-bond acceptors (Lipinski definition) is 7. The van der Waals surface area contributed by atoms with Crippen LogP contribution in [0.4, 0.5) is 11.4 Å². The summed E-state index contributed by atoms with van der Waals surface area (Å²) in [5, 5.41) is 7.55. The fourth-order valence-corrected chi connectivity index (χ4v) is 7.75. The summed E-state index contributed by atoms with van der Waals surface area (Å²) in [6.07, 6.45) is 0. The van der Waals surface area contributed by atoms with Crippen molar-refractivity contribution in [2.75, 3.05) is 39.1 Å².